The summed E-state index contributed by atoms with van der Waals surface area (Å²) in [5.41, 5.74) is 38.5. The first-order chi connectivity index (χ1) is 55.2. The van der Waals surface area contributed by atoms with E-state index < -0.39 is 285 Å². The van der Waals surface area contributed by atoms with Crippen molar-refractivity contribution in [3.8, 4) is 0 Å². The first-order valence-electron chi connectivity index (χ1n) is 37.7. The highest BCUT2D eigenvalue weighted by molar-refractivity contribution is 7.98. The van der Waals surface area contributed by atoms with Gasteiger partial charge in [-0.05, 0) is 94.1 Å². The zero-order valence-corrected chi connectivity index (χ0v) is 68.1. The maximum absolute atomic E-state index is 14.4. The summed E-state index contributed by atoms with van der Waals surface area (Å²) < 4.78 is 0. The van der Waals surface area contributed by atoms with Crippen LogP contribution in [0.5, 0.6) is 0 Å². The molecular formula is C71H118N22O24S. The Morgan fingerprint density at radius 3 is 1.22 bits per heavy atom. The number of primary amides is 4. The number of thioether (sulfide) groups is 1. The minimum atomic E-state index is -1.96. The first kappa shape index (κ1) is 105. The summed E-state index contributed by atoms with van der Waals surface area (Å²) in [7, 11) is 0. The van der Waals surface area contributed by atoms with Crippen molar-refractivity contribution in [3.63, 3.8) is 0 Å². The molecule has 0 fully saturated rings. The van der Waals surface area contributed by atoms with Crippen molar-refractivity contribution in [2.24, 2.45) is 62.9 Å². The molecule has 0 aliphatic heterocycles. The summed E-state index contributed by atoms with van der Waals surface area (Å²) in [6.45, 7) is 8.24. The highest BCUT2D eigenvalue weighted by Gasteiger charge is 2.40. The predicted octanol–water partition coefficient (Wildman–Crippen LogP) is -11.4. The molecule has 18 amide bonds. The van der Waals surface area contributed by atoms with Crippen molar-refractivity contribution in [3.05, 3.63) is 35.9 Å². The van der Waals surface area contributed by atoms with Crippen LogP contribution < -0.4 is 115 Å². The van der Waals surface area contributed by atoms with Gasteiger partial charge in [0.05, 0.1) is 50.8 Å². The summed E-state index contributed by atoms with van der Waals surface area (Å²) in [4.78, 5) is 257. The Hall–Kier alpha value is -11.4. The third-order valence-corrected chi connectivity index (χ3v) is 17.9. The third kappa shape index (κ3) is 40.4. The number of benzene rings is 1. The number of aliphatic imine (C=N–C) groups is 1. The van der Waals surface area contributed by atoms with E-state index in [0.717, 1.165) is 13.8 Å². The molecule has 47 heteroatoms. The fraction of sp³-hybridized carbons (Fsp3) is 0.634. The van der Waals surface area contributed by atoms with Crippen LogP contribution in [0.25, 0.3) is 0 Å². The van der Waals surface area contributed by atoms with E-state index in [1.807, 2.05) is 0 Å². The number of carbonyl (C=O) groups is 19. The smallest absolute Gasteiger partial charge is 0.326 e. The molecule has 0 aromatic heterocycles. The molecule has 0 aliphatic rings. The maximum atomic E-state index is 14.4. The quantitative estimate of drug-likeness (QED) is 0.0164. The molecule has 118 heavy (non-hydrogen) atoms. The molecule has 0 saturated heterocycles. The van der Waals surface area contributed by atoms with Crippen LogP contribution >= 0.6 is 11.8 Å². The van der Waals surface area contributed by atoms with Crippen LogP contribution in [0.15, 0.2) is 35.3 Å². The SMILES string of the molecule is CSCC[C@H](N)C(=O)N[C@@H](CC(N)=O)C(=O)NCC(=O)N[C@@H](CO)C(=O)N[C@H](C(=O)N[C@@H](CCCN=C(N)N)C(=O)N[C@H](C(=O)N[C@@H](CCC(N)=O)C(=O)N[C@@H](CC(C)C)C(=O)N[C@@H](CO)C(=O)N[C@@H](CC(C)C)C(=O)N[C@H](C(=O)N[C@@H](Cc1ccccc1)C(=O)N[C@@H](CC(N)=O)C(=O)N[C@@H](CCC(N)=O)C(=O)O)[C@@H](C)O)C(C)C)[C@@H](C)O. The number of nitrogens with one attached hydrogen (secondary N) is 14. The van der Waals surface area contributed by atoms with Crippen LogP contribution in [0.3, 0.4) is 0 Å². The minimum absolute atomic E-state index is 0.0571. The first-order valence-corrected chi connectivity index (χ1v) is 39.1. The van der Waals surface area contributed by atoms with Crippen molar-refractivity contribution >= 4 is 130 Å². The van der Waals surface area contributed by atoms with Crippen molar-refractivity contribution in [2.75, 3.05) is 38.3 Å². The molecule has 0 unspecified atom stereocenters. The van der Waals surface area contributed by atoms with E-state index in [9.17, 15) is 117 Å². The predicted molar refractivity (Wildman–Crippen MR) is 423 cm³/mol. The van der Waals surface area contributed by atoms with E-state index in [2.05, 4.69) is 79.4 Å². The number of guanidine groups is 1. The van der Waals surface area contributed by atoms with Crippen molar-refractivity contribution < 1.29 is 117 Å². The van der Waals surface area contributed by atoms with E-state index >= 15 is 0 Å². The number of carboxylic acid groups (broad SMARTS) is 1. The number of hydrogen-bond donors (Lipinski definition) is 26. The van der Waals surface area contributed by atoms with Gasteiger partial charge in [-0.15, -0.1) is 0 Å². The number of nitrogens with zero attached hydrogens (tertiary/aromatic N) is 1. The van der Waals surface area contributed by atoms with Gasteiger partial charge in [-0.3, -0.25) is 91.3 Å². The van der Waals surface area contributed by atoms with Crippen molar-refractivity contribution in [1.82, 2.24) is 74.4 Å². The van der Waals surface area contributed by atoms with Gasteiger partial charge in [0.2, 0.25) is 106 Å². The summed E-state index contributed by atoms with van der Waals surface area (Å²) in [5, 5.41) is 84.6. The number of aliphatic carboxylic acids is 1. The molecular weight excluding hydrogens is 1580 g/mol. The van der Waals surface area contributed by atoms with Crippen LogP contribution in [-0.4, -0.2) is 279 Å². The topological polar surface area (TPSA) is 788 Å². The number of aliphatic hydroxyl groups is 4. The molecule has 33 N–H and O–H groups in total. The molecule has 0 bridgehead atoms. The van der Waals surface area contributed by atoms with Crippen LogP contribution in [0.4, 0.5) is 0 Å². The van der Waals surface area contributed by atoms with Crippen LogP contribution in [0.2, 0.25) is 0 Å². The largest absolute Gasteiger partial charge is 0.480 e. The number of aliphatic hydroxyl groups excluding tert-OH is 4. The van der Waals surface area contributed by atoms with Crippen LogP contribution in [0, 0.1) is 17.8 Å². The molecule has 0 aliphatic carbocycles. The summed E-state index contributed by atoms with van der Waals surface area (Å²) in [5.74, 6) is -23.1. The normalized spacial score (nSPS) is 15.2. The highest BCUT2D eigenvalue weighted by atomic mass is 32.2. The molecule has 1 aromatic rings. The third-order valence-electron chi connectivity index (χ3n) is 17.3. The molecule has 16 atom stereocenters. The number of carboxylic acids is 1. The zero-order valence-electron chi connectivity index (χ0n) is 67.3. The Morgan fingerprint density at radius 1 is 0.407 bits per heavy atom. The van der Waals surface area contributed by atoms with E-state index in [1.165, 1.54) is 25.6 Å². The Kier molecular flexibility index (Phi) is 47.6. The number of amides is 18. The molecule has 0 radical (unpaired) electrons. The molecule has 662 valence electrons. The fourth-order valence-electron chi connectivity index (χ4n) is 11.0. The van der Waals surface area contributed by atoms with Gasteiger partial charge in [-0.1, -0.05) is 71.9 Å². The Labute approximate surface area is 684 Å². The van der Waals surface area contributed by atoms with Crippen LogP contribution in [0.1, 0.15) is 132 Å². The van der Waals surface area contributed by atoms with E-state index in [4.69, 9.17) is 40.1 Å². The Morgan fingerprint density at radius 2 is 0.771 bits per heavy atom. The van der Waals surface area contributed by atoms with Gasteiger partial charge in [-0.25, -0.2) is 4.79 Å². The fourth-order valence-corrected chi connectivity index (χ4v) is 11.5. The molecule has 0 heterocycles. The van der Waals surface area contributed by atoms with Gasteiger partial charge in [0, 0.05) is 25.8 Å². The molecule has 1 aromatic carbocycles. The van der Waals surface area contributed by atoms with E-state index in [-0.39, 0.29) is 51.0 Å². The number of nitrogens with two attached hydrogens (primary N) is 7. The van der Waals surface area contributed by atoms with Gasteiger partial charge < -0.3 is 140 Å². The molecule has 0 spiro atoms. The van der Waals surface area contributed by atoms with Crippen LogP contribution in [-0.2, 0) is 97.5 Å². The second-order valence-electron chi connectivity index (χ2n) is 28.9. The number of hydrogen-bond acceptors (Lipinski definition) is 26. The minimum Gasteiger partial charge on any atom is -0.480 e. The second-order valence-corrected chi connectivity index (χ2v) is 29.9. The number of carbonyl (C=O) groups excluding carboxylic acids is 18. The van der Waals surface area contributed by atoms with Gasteiger partial charge in [-0.2, -0.15) is 11.8 Å². The zero-order chi connectivity index (χ0) is 90.0. The van der Waals surface area contributed by atoms with Gasteiger partial charge >= 0.3 is 5.97 Å². The average molecular weight is 1700 g/mol. The standard InChI is InChI=1S/C71H118N22O24S/c1-32(2)24-42(61(107)90-48(31-95)65(111)87-43(25-33(3)4)64(110)92-56(36(8)97)69(115)89-44(26-37-14-11-10-12-15-37)62(108)88-46(28-52(76)101)63(109)84-41(70(116)117)18-20-50(74)99)86-59(105)40(17-19-49(73)98)83-67(113)54(34(5)6)91-60(106)39(16-13-22-79-71(77)78)82-68(114)55(35(7)96)93-66(112)47(30-94)81-53(102)29-80-58(104)45(27-51(75)100)85-57(103)38(72)21-23-118-9/h10-12,14-15,32-36,38-48,54-56,94-97H,13,16-31,72H2,1-9H3,(H2,73,98)(H2,74,99)(H2,75,100)(H2,76,101)(H,80,104)(H,81,102)(H,82,114)(H,83,113)(H,84,109)(H,85,103)(H,86,105)(H,87,111)(H,88,108)(H,89,115)(H,90,107)(H,91,106)(H,92,110)(H,93,112)(H,116,117)(H4,77,78,79)/t35-,36-,38+,39+,40+,41+,42+,43+,44+,45+,46+,47+,48+,54+,55+,56+/m1/s1. The van der Waals surface area contributed by atoms with Crippen molar-refractivity contribution in [2.45, 2.75) is 229 Å². The lowest BCUT2D eigenvalue weighted by atomic mass is 9.99. The van der Waals surface area contributed by atoms with Gasteiger partial charge in [0.1, 0.15) is 78.5 Å². The molecule has 0 saturated carbocycles. The number of rotatable bonds is 57. The van der Waals surface area contributed by atoms with E-state index in [0.29, 0.717) is 11.3 Å². The maximum Gasteiger partial charge on any atom is 0.326 e. The highest BCUT2D eigenvalue weighted by Crippen LogP contribution is 2.15. The Balaban J connectivity index is 3.57. The Bertz CT molecular complexity index is 3650. The molecule has 46 nitrogen and oxygen atoms in total. The lowest BCUT2D eigenvalue weighted by molar-refractivity contribution is -0.143. The monoisotopic (exact) mass is 1690 g/mol. The lowest BCUT2D eigenvalue weighted by Crippen LogP contribution is -2.63. The summed E-state index contributed by atoms with van der Waals surface area (Å²) in [6.07, 6.45) is -6.38. The van der Waals surface area contributed by atoms with Crippen molar-refractivity contribution in [1.29, 1.82) is 0 Å². The summed E-state index contributed by atoms with van der Waals surface area (Å²) in [6, 6.07) is -16.0. The lowest BCUT2D eigenvalue weighted by Gasteiger charge is -2.30. The van der Waals surface area contributed by atoms with Gasteiger partial charge in [0.25, 0.3) is 0 Å². The van der Waals surface area contributed by atoms with E-state index in [1.54, 1.807) is 64.3 Å². The molecule has 1 rings (SSSR count). The average Bonchev–Trinajstić information content (AvgIpc) is 0.848. The summed E-state index contributed by atoms with van der Waals surface area (Å²) >= 11 is 1.40. The second kappa shape index (κ2) is 53.7. The van der Waals surface area contributed by atoms with Gasteiger partial charge in [0.15, 0.2) is 5.96 Å².